The minimum absolute atomic E-state index is 0.106. The Bertz CT molecular complexity index is 1030. The van der Waals surface area contributed by atoms with Gasteiger partial charge in [-0.05, 0) is 32.0 Å². The first-order valence-corrected chi connectivity index (χ1v) is 9.72. The summed E-state index contributed by atoms with van der Waals surface area (Å²) in [4.78, 5) is 39.8. The molecule has 3 aromatic carbocycles. The van der Waals surface area contributed by atoms with Gasteiger partial charge in [0.15, 0.2) is 12.4 Å². The van der Waals surface area contributed by atoms with E-state index in [2.05, 4.69) is 0 Å². The van der Waals surface area contributed by atoms with Crippen molar-refractivity contribution in [3.05, 3.63) is 102 Å². The van der Waals surface area contributed by atoms with Crippen LogP contribution in [0, 0.1) is 0 Å². The van der Waals surface area contributed by atoms with E-state index in [4.69, 9.17) is 4.74 Å². The van der Waals surface area contributed by atoms with Crippen molar-refractivity contribution in [3.63, 3.8) is 0 Å². The highest BCUT2D eigenvalue weighted by molar-refractivity contribution is 6.14. The lowest BCUT2D eigenvalue weighted by Gasteiger charge is -2.26. The molecule has 0 bridgehead atoms. The lowest BCUT2D eigenvalue weighted by Crippen LogP contribution is -2.40. The molecule has 0 fully saturated rings. The van der Waals surface area contributed by atoms with Gasteiger partial charge in [0.25, 0.3) is 5.91 Å². The van der Waals surface area contributed by atoms with Gasteiger partial charge in [-0.3, -0.25) is 9.59 Å². The molecule has 0 aliphatic rings. The van der Waals surface area contributed by atoms with Crippen LogP contribution >= 0.6 is 0 Å². The molecule has 152 valence electrons. The zero-order valence-corrected chi connectivity index (χ0v) is 16.9. The van der Waals surface area contributed by atoms with Gasteiger partial charge in [0.2, 0.25) is 0 Å². The maximum Gasteiger partial charge on any atom is 0.339 e. The normalized spacial score (nSPS) is 10.5. The van der Waals surface area contributed by atoms with E-state index in [0.29, 0.717) is 5.56 Å². The second-order valence-electron chi connectivity index (χ2n) is 7.01. The van der Waals surface area contributed by atoms with E-state index < -0.39 is 12.6 Å². The summed E-state index contributed by atoms with van der Waals surface area (Å²) in [6.07, 6.45) is 0. The van der Waals surface area contributed by atoms with E-state index in [-0.39, 0.29) is 28.9 Å². The van der Waals surface area contributed by atoms with Crippen LogP contribution < -0.4 is 4.90 Å². The van der Waals surface area contributed by atoms with Crippen LogP contribution in [0.2, 0.25) is 0 Å². The second kappa shape index (κ2) is 9.65. The van der Waals surface area contributed by atoms with Gasteiger partial charge in [0, 0.05) is 22.9 Å². The monoisotopic (exact) mass is 401 g/mol. The van der Waals surface area contributed by atoms with E-state index in [1.54, 1.807) is 47.4 Å². The number of esters is 1. The van der Waals surface area contributed by atoms with Crippen LogP contribution in [-0.2, 0) is 9.53 Å². The summed E-state index contributed by atoms with van der Waals surface area (Å²) in [5, 5.41) is 0. The molecule has 0 heterocycles. The molecular weight excluding hydrogens is 378 g/mol. The molecule has 0 atom stereocenters. The van der Waals surface area contributed by atoms with Crippen LogP contribution in [0.4, 0.5) is 5.69 Å². The Balaban J connectivity index is 1.75. The summed E-state index contributed by atoms with van der Waals surface area (Å²) in [6.45, 7) is 3.36. The van der Waals surface area contributed by atoms with Gasteiger partial charge in [-0.25, -0.2) is 4.79 Å². The summed E-state index contributed by atoms with van der Waals surface area (Å²) in [6, 6.07) is 24.3. The molecule has 0 spiro atoms. The fourth-order valence-corrected chi connectivity index (χ4v) is 3.20. The maximum absolute atomic E-state index is 12.8. The molecule has 0 aliphatic heterocycles. The van der Waals surface area contributed by atoms with E-state index in [0.717, 1.165) is 5.69 Å². The highest BCUT2D eigenvalue weighted by Gasteiger charge is 2.23. The second-order valence-corrected chi connectivity index (χ2v) is 7.01. The third-order valence-corrected chi connectivity index (χ3v) is 4.57. The molecule has 5 heteroatoms. The van der Waals surface area contributed by atoms with Crippen LogP contribution in [0.3, 0.4) is 0 Å². The third-order valence-electron chi connectivity index (χ3n) is 4.57. The summed E-state index contributed by atoms with van der Waals surface area (Å²) in [5.41, 5.74) is 1.58. The number of para-hydroxylation sites is 1. The first-order chi connectivity index (χ1) is 14.5. The molecule has 0 N–H and O–H groups in total. The van der Waals surface area contributed by atoms with Crippen molar-refractivity contribution in [2.24, 2.45) is 0 Å². The molecule has 0 saturated carbocycles. The van der Waals surface area contributed by atoms with Gasteiger partial charge < -0.3 is 9.64 Å². The van der Waals surface area contributed by atoms with Crippen molar-refractivity contribution >= 4 is 23.3 Å². The Hall–Kier alpha value is -3.73. The van der Waals surface area contributed by atoms with Crippen LogP contribution in [0.15, 0.2) is 84.9 Å². The number of benzene rings is 3. The number of anilines is 1. The fourth-order valence-electron chi connectivity index (χ4n) is 3.20. The van der Waals surface area contributed by atoms with Crippen molar-refractivity contribution in [1.29, 1.82) is 0 Å². The van der Waals surface area contributed by atoms with Gasteiger partial charge >= 0.3 is 5.97 Å². The Morgan fingerprint density at radius 3 is 1.90 bits per heavy atom. The van der Waals surface area contributed by atoms with Gasteiger partial charge in [-0.1, -0.05) is 66.7 Å². The Kier molecular flexibility index (Phi) is 6.75. The molecule has 0 aromatic heterocycles. The number of hydrogen-bond acceptors (Lipinski definition) is 4. The zero-order valence-electron chi connectivity index (χ0n) is 16.9. The topological polar surface area (TPSA) is 63.7 Å². The molecule has 5 nitrogen and oxygen atoms in total. The molecule has 0 aliphatic carbocycles. The van der Waals surface area contributed by atoms with Crippen molar-refractivity contribution in [3.8, 4) is 0 Å². The SMILES string of the molecule is CC(C)N(C(=O)COC(=O)c1ccccc1C(=O)c1ccccc1)c1ccccc1. The van der Waals surface area contributed by atoms with E-state index >= 15 is 0 Å². The fraction of sp³-hybridized carbons (Fsp3) is 0.160. The number of rotatable bonds is 7. The standard InChI is InChI=1S/C25H23NO4/c1-18(2)26(20-13-7-4-8-14-20)23(27)17-30-25(29)22-16-10-9-15-21(22)24(28)19-11-5-3-6-12-19/h3-16,18H,17H2,1-2H3. The van der Waals surface area contributed by atoms with Crippen molar-refractivity contribution in [2.45, 2.75) is 19.9 Å². The number of carbonyl (C=O) groups is 3. The first-order valence-electron chi connectivity index (χ1n) is 9.72. The van der Waals surface area contributed by atoms with Gasteiger partial charge in [0.05, 0.1) is 5.56 Å². The zero-order chi connectivity index (χ0) is 21.5. The van der Waals surface area contributed by atoms with E-state index in [9.17, 15) is 14.4 Å². The van der Waals surface area contributed by atoms with Gasteiger partial charge in [0.1, 0.15) is 0 Å². The number of carbonyl (C=O) groups excluding carboxylic acids is 3. The number of amides is 1. The number of ether oxygens (including phenoxy) is 1. The Labute approximate surface area is 175 Å². The van der Waals surface area contributed by atoms with E-state index in [1.807, 2.05) is 50.2 Å². The third kappa shape index (κ3) is 4.81. The quantitative estimate of drug-likeness (QED) is 0.431. The first kappa shape index (κ1) is 21.0. The minimum atomic E-state index is -0.708. The lowest BCUT2D eigenvalue weighted by atomic mass is 9.98. The average molecular weight is 401 g/mol. The molecule has 0 unspecified atom stereocenters. The van der Waals surface area contributed by atoms with Crippen LogP contribution in [-0.4, -0.2) is 30.3 Å². The number of nitrogens with zero attached hydrogens (tertiary/aromatic N) is 1. The predicted octanol–water partition coefficient (Wildman–Crippen LogP) is 4.52. The maximum atomic E-state index is 12.8. The number of hydrogen-bond donors (Lipinski definition) is 0. The molecule has 1 amide bonds. The van der Waals surface area contributed by atoms with Gasteiger partial charge in [-0.2, -0.15) is 0 Å². The van der Waals surface area contributed by atoms with Crippen LogP contribution in [0.5, 0.6) is 0 Å². The van der Waals surface area contributed by atoms with E-state index in [1.165, 1.54) is 6.07 Å². The molecule has 3 rings (SSSR count). The molecule has 0 saturated heterocycles. The summed E-state index contributed by atoms with van der Waals surface area (Å²) < 4.78 is 5.29. The largest absolute Gasteiger partial charge is 0.452 e. The smallest absolute Gasteiger partial charge is 0.339 e. The van der Waals surface area contributed by atoms with Crippen molar-refractivity contribution in [1.82, 2.24) is 0 Å². The average Bonchev–Trinajstić information content (AvgIpc) is 2.78. The van der Waals surface area contributed by atoms with Crippen LogP contribution in [0.25, 0.3) is 0 Å². The molecule has 3 aromatic rings. The molecule has 30 heavy (non-hydrogen) atoms. The Morgan fingerprint density at radius 2 is 1.30 bits per heavy atom. The van der Waals surface area contributed by atoms with Crippen LogP contribution in [0.1, 0.15) is 40.1 Å². The highest BCUT2D eigenvalue weighted by Crippen LogP contribution is 2.18. The van der Waals surface area contributed by atoms with Crippen molar-refractivity contribution < 1.29 is 19.1 Å². The highest BCUT2D eigenvalue weighted by atomic mass is 16.5. The predicted molar refractivity (Wildman–Crippen MR) is 116 cm³/mol. The summed E-state index contributed by atoms with van der Waals surface area (Å²) >= 11 is 0. The lowest BCUT2D eigenvalue weighted by molar-refractivity contribution is -0.122. The van der Waals surface area contributed by atoms with Gasteiger partial charge in [-0.15, -0.1) is 0 Å². The molecular formula is C25H23NO4. The summed E-state index contributed by atoms with van der Waals surface area (Å²) in [7, 11) is 0. The Morgan fingerprint density at radius 1 is 0.767 bits per heavy atom. The summed E-state index contributed by atoms with van der Waals surface area (Å²) in [5.74, 6) is -1.32. The minimum Gasteiger partial charge on any atom is -0.452 e. The van der Waals surface area contributed by atoms with Crippen molar-refractivity contribution in [2.75, 3.05) is 11.5 Å². The molecule has 0 radical (unpaired) electrons. The number of ketones is 1.